The third-order valence-electron chi connectivity index (χ3n) is 2.48. The van der Waals surface area contributed by atoms with E-state index in [1.165, 1.54) is 6.07 Å². The van der Waals surface area contributed by atoms with Crippen molar-refractivity contribution in [2.45, 2.75) is 6.42 Å². The van der Waals surface area contributed by atoms with Gasteiger partial charge in [-0.1, -0.05) is 0 Å². The highest BCUT2D eigenvalue weighted by atomic mass is 16.1. The predicted octanol–water partition coefficient (Wildman–Crippen LogP) is -0.0115. The molecule has 0 fully saturated rings. The lowest BCUT2D eigenvalue weighted by molar-refractivity contribution is 0.0987. The first-order valence-corrected chi connectivity index (χ1v) is 5.29. The van der Waals surface area contributed by atoms with E-state index < -0.39 is 11.8 Å². The van der Waals surface area contributed by atoms with Crippen LogP contribution in [0, 0.1) is 0 Å². The van der Waals surface area contributed by atoms with Crippen molar-refractivity contribution >= 4 is 11.8 Å². The van der Waals surface area contributed by atoms with Crippen molar-refractivity contribution in [2.75, 3.05) is 20.6 Å². The molecule has 2 amide bonds. The van der Waals surface area contributed by atoms with Crippen LogP contribution in [0.2, 0.25) is 0 Å². The second-order valence-corrected chi connectivity index (χ2v) is 4.15. The maximum Gasteiger partial charge on any atom is 0.248 e. The molecule has 0 bridgehead atoms. The van der Waals surface area contributed by atoms with Gasteiger partial charge in [0.1, 0.15) is 0 Å². The molecule has 1 rings (SSSR count). The van der Waals surface area contributed by atoms with Gasteiger partial charge in [-0.15, -0.1) is 0 Å². The van der Waals surface area contributed by atoms with E-state index >= 15 is 0 Å². The van der Waals surface area contributed by atoms with Crippen LogP contribution in [0.5, 0.6) is 0 Å². The molecule has 0 unspecified atom stereocenters. The lowest BCUT2D eigenvalue weighted by atomic mass is 10.0. The Hall–Kier alpha value is -1.88. The summed E-state index contributed by atoms with van der Waals surface area (Å²) in [6, 6.07) is 4.70. The normalized spacial score (nSPS) is 10.5. The molecule has 0 aliphatic carbocycles. The molecule has 1 aromatic rings. The summed E-state index contributed by atoms with van der Waals surface area (Å²) < 4.78 is 0. The quantitative estimate of drug-likeness (QED) is 0.752. The maximum absolute atomic E-state index is 11.2. The van der Waals surface area contributed by atoms with Gasteiger partial charge in [0.2, 0.25) is 11.8 Å². The van der Waals surface area contributed by atoms with Crippen molar-refractivity contribution < 1.29 is 9.59 Å². The monoisotopic (exact) mass is 235 g/mol. The lowest BCUT2D eigenvalue weighted by Crippen LogP contribution is -2.20. The van der Waals surface area contributed by atoms with Gasteiger partial charge in [-0.2, -0.15) is 0 Å². The molecule has 4 N–H and O–H groups in total. The van der Waals surface area contributed by atoms with Gasteiger partial charge in [-0.05, 0) is 44.3 Å². The molecule has 0 heterocycles. The van der Waals surface area contributed by atoms with Crippen molar-refractivity contribution in [1.82, 2.24) is 4.90 Å². The molecule has 0 radical (unpaired) electrons. The number of likely N-dealkylation sites (N-methyl/N-ethyl adjacent to an activating group) is 1. The third kappa shape index (κ3) is 3.57. The lowest BCUT2D eigenvalue weighted by Gasteiger charge is -2.12. The number of carbonyl (C=O) groups is 2. The van der Waals surface area contributed by atoms with Gasteiger partial charge in [0.05, 0.1) is 0 Å². The van der Waals surface area contributed by atoms with Crippen molar-refractivity contribution in [2.24, 2.45) is 11.5 Å². The zero-order valence-corrected chi connectivity index (χ0v) is 10.1. The van der Waals surface area contributed by atoms with Gasteiger partial charge in [0.15, 0.2) is 0 Å². The van der Waals surface area contributed by atoms with Crippen LogP contribution in [0.15, 0.2) is 18.2 Å². The molecule has 5 nitrogen and oxygen atoms in total. The van der Waals surface area contributed by atoms with Crippen molar-refractivity contribution in [3.05, 3.63) is 34.9 Å². The number of primary amides is 2. The molecule has 0 saturated carbocycles. The Morgan fingerprint density at radius 1 is 1.18 bits per heavy atom. The van der Waals surface area contributed by atoms with Crippen LogP contribution < -0.4 is 11.5 Å². The Morgan fingerprint density at radius 3 is 2.29 bits per heavy atom. The molecular formula is C12H17N3O2. The maximum atomic E-state index is 11.2. The van der Waals surface area contributed by atoms with Gasteiger partial charge in [-0.3, -0.25) is 9.59 Å². The van der Waals surface area contributed by atoms with Gasteiger partial charge < -0.3 is 16.4 Å². The van der Waals surface area contributed by atoms with E-state index in [0.717, 1.165) is 12.1 Å². The minimum absolute atomic E-state index is 0.392. The van der Waals surface area contributed by atoms with E-state index in [1.807, 2.05) is 19.0 Å². The molecule has 0 aliphatic rings. The summed E-state index contributed by atoms with van der Waals surface area (Å²) >= 11 is 0. The first kappa shape index (κ1) is 13.2. The Bertz CT molecular complexity index is 441. The first-order valence-electron chi connectivity index (χ1n) is 5.29. The summed E-state index contributed by atoms with van der Waals surface area (Å²) in [4.78, 5) is 24.3. The van der Waals surface area contributed by atoms with Gasteiger partial charge in [0.25, 0.3) is 0 Å². The molecule has 17 heavy (non-hydrogen) atoms. The summed E-state index contributed by atoms with van der Waals surface area (Å²) in [7, 11) is 3.86. The largest absolute Gasteiger partial charge is 0.366 e. The summed E-state index contributed by atoms with van der Waals surface area (Å²) in [5.74, 6) is -0.998. The molecule has 0 aliphatic heterocycles. The van der Waals surface area contributed by atoms with E-state index in [2.05, 4.69) is 0 Å². The fourth-order valence-corrected chi connectivity index (χ4v) is 1.54. The summed E-state index contributed by atoms with van der Waals surface area (Å²) in [6.45, 7) is 0.766. The van der Waals surface area contributed by atoms with E-state index in [-0.39, 0.29) is 0 Å². The average molecular weight is 235 g/mol. The Morgan fingerprint density at radius 2 is 1.82 bits per heavy atom. The summed E-state index contributed by atoms with van der Waals surface area (Å²) in [5.41, 5.74) is 12.1. The number of benzene rings is 1. The topological polar surface area (TPSA) is 89.4 Å². The Labute approximate surface area is 100 Å². The Kier molecular flexibility index (Phi) is 4.23. The highest BCUT2D eigenvalue weighted by Crippen LogP contribution is 2.12. The van der Waals surface area contributed by atoms with Crippen LogP contribution in [0.3, 0.4) is 0 Å². The van der Waals surface area contributed by atoms with E-state index in [0.29, 0.717) is 17.5 Å². The molecule has 0 aromatic heterocycles. The fourth-order valence-electron chi connectivity index (χ4n) is 1.54. The number of hydrogen-bond acceptors (Lipinski definition) is 3. The number of hydrogen-bond donors (Lipinski definition) is 2. The van der Waals surface area contributed by atoms with Crippen LogP contribution in [0.1, 0.15) is 26.3 Å². The van der Waals surface area contributed by atoms with Crippen LogP contribution in [-0.4, -0.2) is 37.4 Å². The van der Waals surface area contributed by atoms with Crippen LogP contribution in [-0.2, 0) is 6.42 Å². The Balaban J connectivity index is 3.07. The van der Waals surface area contributed by atoms with Crippen LogP contribution >= 0.6 is 0 Å². The third-order valence-corrected chi connectivity index (χ3v) is 2.48. The fraction of sp³-hybridized carbons (Fsp3) is 0.333. The second-order valence-electron chi connectivity index (χ2n) is 4.15. The molecule has 5 heteroatoms. The molecule has 0 spiro atoms. The van der Waals surface area contributed by atoms with E-state index in [4.69, 9.17) is 11.5 Å². The first-order chi connectivity index (χ1) is 7.91. The number of nitrogens with two attached hydrogens (primary N) is 2. The summed E-state index contributed by atoms with van der Waals surface area (Å²) in [6.07, 6.45) is 0.645. The zero-order chi connectivity index (χ0) is 13.0. The second kappa shape index (κ2) is 5.45. The van der Waals surface area contributed by atoms with Crippen molar-refractivity contribution in [1.29, 1.82) is 0 Å². The predicted molar refractivity (Wildman–Crippen MR) is 65.7 cm³/mol. The smallest absolute Gasteiger partial charge is 0.248 e. The van der Waals surface area contributed by atoms with Crippen molar-refractivity contribution in [3.63, 3.8) is 0 Å². The molecule has 0 saturated heterocycles. The standard InChI is InChI=1S/C12H17N3O2/c1-15(2)6-5-8-7-9(11(13)16)3-4-10(8)12(14)17/h3-4,7H,5-6H2,1-2H3,(H2,13,16)(H2,14,17). The highest BCUT2D eigenvalue weighted by Gasteiger charge is 2.11. The number of amides is 2. The minimum atomic E-state index is -0.507. The highest BCUT2D eigenvalue weighted by molar-refractivity contribution is 5.97. The van der Waals surface area contributed by atoms with Crippen LogP contribution in [0.25, 0.3) is 0 Å². The zero-order valence-electron chi connectivity index (χ0n) is 10.1. The minimum Gasteiger partial charge on any atom is -0.366 e. The van der Waals surface area contributed by atoms with Gasteiger partial charge in [0, 0.05) is 17.7 Å². The van der Waals surface area contributed by atoms with Crippen LogP contribution in [0.4, 0.5) is 0 Å². The van der Waals surface area contributed by atoms with E-state index in [9.17, 15) is 9.59 Å². The van der Waals surface area contributed by atoms with Gasteiger partial charge >= 0.3 is 0 Å². The molecule has 0 atom stereocenters. The molecule has 1 aromatic carbocycles. The van der Waals surface area contributed by atoms with E-state index in [1.54, 1.807) is 12.1 Å². The number of carbonyl (C=O) groups excluding carboxylic acids is 2. The number of rotatable bonds is 5. The number of nitrogens with zero attached hydrogens (tertiary/aromatic N) is 1. The molecular weight excluding hydrogens is 218 g/mol. The van der Waals surface area contributed by atoms with Crippen molar-refractivity contribution in [3.8, 4) is 0 Å². The SMILES string of the molecule is CN(C)CCc1cc(C(N)=O)ccc1C(N)=O. The average Bonchev–Trinajstić information content (AvgIpc) is 2.25. The summed E-state index contributed by atoms with van der Waals surface area (Å²) in [5, 5.41) is 0. The van der Waals surface area contributed by atoms with Gasteiger partial charge in [-0.25, -0.2) is 0 Å². The molecule has 92 valence electrons.